The fourth-order valence-electron chi connectivity index (χ4n) is 2.36. The zero-order valence-corrected chi connectivity index (χ0v) is 12.9. The Labute approximate surface area is 123 Å². The van der Waals surface area contributed by atoms with Crippen LogP contribution in [0.2, 0.25) is 0 Å². The van der Waals surface area contributed by atoms with E-state index in [1.807, 2.05) is 6.92 Å². The molecule has 0 radical (unpaired) electrons. The molecule has 2 heterocycles. The molecule has 6 nitrogen and oxygen atoms in total. The molecule has 1 aromatic rings. The van der Waals surface area contributed by atoms with Crippen LogP contribution in [-0.2, 0) is 16.1 Å². The molecule has 1 saturated heterocycles. The summed E-state index contributed by atoms with van der Waals surface area (Å²) in [6.45, 7) is 4.26. The highest BCUT2D eigenvalue weighted by atomic mass is 32.1. The molecule has 0 saturated carbocycles. The van der Waals surface area contributed by atoms with Crippen LogP contribution in [0.5, 0.6) is 0 Å². The van der Waals surface area contributed by atoms with Gasteiger partial charge in [-0.3, -0.25) is 4.79 Å². The Bertz CT molecular complexity index is 438. The highest BCUT2D eigenvalue weighted by Crippen LogP contribution is 2.22. The first-order chi connectivity index (χ1) is 9.72. The summed E-state index contributed by atoms with van der Waals surface area (Å²) in [7, 11) is 1.64. The van der Waals surface area contributed by atoms with Crippen LogP contribution in [-0.4, -0.2) is 41.5 Å². The first-order valence-corrected chi connectivity index (χ1v) is 7.86. The van der Waals surface area contributed by atoms with Crippen molar-refractivity contribution in [3.63, 3.8) is 0 Å². The van der Waals surface area contributed by atoms with E-state index in [4.69, 9.17) is 4.74 Å². The van der Waals surface area contributed by atoms with Crippen molar-refractivity contribution in [1.29, 1.82) is 0 Å². The van der Waals surface area contributed by atoms with Crippen molar-refractivity contribution >= 4 is 22.6 Å². The third kappa shape index (κ3) is 4.14. The number of piperidine rings is 1. The van der Waals surface area contributed by atoms with Crippen molar-refractivity contribution in [1.82, 2.24) is 14.7 Å². The number of nitrogens with zero attached hydrogens (tertiary/aromatic N) is 3. The van der Waals surface area contributed by atoms with Gasteiger partial charge in [-0.15, -0.1) is 0 Å². The number of nitrogens with one attached hydrogen (secondary N) is 1. The molecule has 1 unspecified atom stereocenters. The molecule has 7 heteroatoms. The molecule has 1 N–H and O–H groups in total. The van der Waals surface area contributed by atoms with Crippen molar-refractivity contribution in [3.8, 4) is 0 Å². The standard InChI is InChI=1S/C13H22N4O2S/c1-3-5-12(18)14-10-6-4-7-17(8-10)13-15-11(9-19-2)16-20-13/h10H,3-9H2,1-2H3,(H,14,18). The van der Waals surface area contributed by atoms with Crippen molar-refractivity contribution < 1.29 is 9.53 Å². The molecular weight excluding hydrogens is 276 g/mol. The predicted molar refractivity (Wildman–Crippen MR) is 78.9 cm³/mol. The summed E-state index contributed by atoms with van der Waals surface area (Å²) in [4.78, 5) is 18.3. The lowest BCUT2D eigenvalue weighted by atomic mass is 10.1. The Morgan fingerprint density at radius 1 is 1.60 bits per heavy atom. The molecule has 112 valence electrons. The SMILES string of the molecule is CCCC(=O)NC1CCCN(c2nc(COC)ns2)C1. The first-order valence-electron chi connectivity index (χ1n) is 7.08. The number of ether oxygens (including phenoxy) is 1. The number of methoxy groups -OCH3 is 1. The van der Waals surface area contributed by atoms with E-state index in [1.54, 1.807) is 7.11 Å². The minimum atomic E-state index is 0.150. The molecule has 0 aromatic carbocycles. The number of carbonyl (C=O) groups excluding carboxylic acids is 1. The molecule has 1 atom stereocenters. The van der Waals surface area contributed by atoms with Crippen LogP contribution >= 0.6 is 11.5 Å². The Morgan fingerprint density at radius 2 is 2.45 bits per heavy atom. The second-order valence-electron chi connectivity index (χ2n) is 5.03. The lowest BCUT2D eigenvalue weighted by Gasteiger charge is -2.32. The van der Waals surface area contributed by atoms with Gasteiger partial charge < -0.3 is 15.0 Å². The van der Waals surface area contributed by atoms with Crippen LogP contribution in [0, 0.1) is 0 Å². The zero-order valence-electron chi connectivity index (χ0n) is 12.1. The van der Waals surface area contributed by atoms with Gasteiger partial charge >= 0.3 is 0 Å². The van der Waals surface area contributed by atoms with Gasteiger partial charge in [-0.2, -0.15) is 4.37 Å². The molecule has 0 aliphatic carbocycles. The van der Waals surface area contributed by atoms with E-state index >= 15 is 0 Å². The van der Waals surface area contributed by atoms with Crippen LogP contribution in [0.15, 0.2) is 0 Å². The Balaban J connectivity index is 1.90. The van der Waals surface area contributed by atoms with Crippen LogP contribution in [0.1, 0.15) is 38.4 Å². The van der Waals surface area contributed by atoms with Crippen molar-refractivity contribution in [2.45, 2.75) is 45.3 Å². The van der Waals surface area contributed by atoms with Crippen molar-refractivity contribution in [3.05, 3.63) is 5.82 Å². The fraction of sp³-hybridized carbons (Fsp3) is 0.769. The molecular formula is C13H22N4O2S. The molecule has 0 bridgehead atoms. The van der Waals surface area contributed by atoms with E-state index in [9.17, 15) is 4.79 Å². The van der Waals surface area contributed by atoms with Gasteiger partial charge in [0, 0.05) is 44.2 Å². The van der Waals surface area contributed by atoms with E-state index in [1.165, 1.54) is 11.5 Å². The zero-order chi connectivity index (χ0) is 14.4. The minimum absolute atomic E-state index is 0.150. The lowest BCUT2D eigenvalue weighted by Crippen LogP contribution is -2.47. The number of amides is 1. The topological polar surface area (TPSA) is 67.4 Å². The van der Waals surface area contributed by atoms with E-state index in [-0.39, 0.29) is 11.9 Å². The largest absolute Gasteiger partial charge is 0.377 e. The molecule has 1 fully saturated rings. The molecule has 20 heavy (non-hydrogen) atoms. The summed E-state index contributed by atoms with van der Waals surface area (Å²) in [5.41, 5.74) is 0. The average molecular weight is 298 g/mol. The first kappa shape index (κ1) is 15.2. The maximum absolute atomic E-state index is 11.7. The summed E-state index contributed by atoms with van der Waals surface area (Å²) in [6.07, 6.45) is 3.60. The maximum Gasteiger partial charge on any atom is 0.220 e. The molecule has 2 rings (SSSR count). The number of rotatable bonds is 6. The summed E-state index contributed by atoms with van der Waals surface area (Å²) in [6, 6.07) is 0.220. The second kappa shape index (κ2) is 7.54. The Hall–Kier alpha value is -1.21. The van der Waals surface area contributed by atoms with Gasteiger partial charge in [-0.25, -0.2) is 4.98 Å². The van der Waals surface area contributed by atoms with Crippen molar-refractivity contribution in [2.24, 2.45) is 0 Å². The Kier molecular flexibility index (Phi) is 5.72. The summed E-state index contributed by atoms with van der Waals surface area (Å²) >= 11 is 1.40. The number of hydrogen-bond donors (Lipinski definition) is 1. The van der Waals surface area contributed by atoms with Gasteiger partial charge in [-0.05, 0) is 19.3 Å². The van der Waals surface area contributed by atoms with Crippen LogP contribution in [0.25, 0.3) is 0 Å². The number of aromatic nitrogens is 2. The van der Waals surface area contributed by atoms with Crippen LogP contribution in [0.3, 0.4) is 0 Å². The predicted octanol–water partition coefficient (Wildman–Crippen LogP) is 1.57. The quantitative estimate of drug-likeness (QED) is 0.863. The van der Waals surface area contributed by atoms with Crippen LogP contribution in [0.4, 0.5) is 5.13 Å². The number of carbonyl (C=O) groups is 1. The number of anilines is 1. The number of hydrogen-bond acceptors (Lipinski definition) is 6. The third-order valence-corrected chi connectivity index (χ3v) is 4.08. The van der Waals surface area contributed by atoms with E-state index in [2.05, 4.69) is 19.6 Å². The van der Waals surface area contributed by atoms with Gasteiger partial charge in [0.05, 0.1) is 0 Å². The monoisotopic (exact) mass is 298 g/mol. The normalized spacial score (nSPS) is 19.1. The smallest absolute Gasteiger partial charge is 0.220 e. The molecule has 1 aliphatic heterocycles. The molecule has 1 amide bonds. The summed E-state index contributed by atoms with van der Waals surface area (Å²) in [5.74, 6) is 0.876. The van der Waals surface area contributed by atoms with Gasteiger partial charge in [0.2, 0.25) is 11.0 Å². The van der Waals surface area contributed by atoms with E-state index in [0.29, 0.717) is 13.0 Å². The Morgan fingerprint density at radius 3 is 3.20 bits per heavy atom. The summed E-state index contributed by atoms with van der Waals surface area (Å²) < 4.78 is 9.31. The lowest BCUT2D eigenvalue weighted by molar-refractivity contribution is -0.121. The van der Waals surface area contributed by atoms with Gasteiger partial charge in [-0.1, -0.05) is 6.92 Å². The maximum atomic E-state index is 11.7. The van der Waals surface area contributed by atoms with Gasteiger partial charge in [0.1, 0.15) is 6.61 Å². The third-order valence-electron chi connectivity index (χ3n) is 3.26. The van der Waals surface area contributed by atoms with Gasteiger partial charge in [0.25, 0.3) is 0 Å². The van der Waals surface area contributed by atoms with Gasteiger partial charge in [0.15, 0.2) is 5.82 Å². The molecule has 1 aromatic heterocycles. The fourth-order valence-corrected chi connectivity index (χ4v) is 3.06. The van der Waals surface area contributed by atoms with E-state index < -0.39 is 0 Å². The van der Waals surface area contributed by atoms with Crippen LogP contribution < -0.4 is 10.2 Å². The highest BCUT2D eigenvalue weighted by Gasteiger charge is 2.23. The highest BCUT2D eigenvalue weighted by molar-refractivity contribution is 7.09. The van der Waals surface area contributed by atoms with Crippen molar-refractivity contribution in [2.75, 3.05) is 25.1 Å². The minimum Gasteiger partial charge on any atom is -0.377 e. The molecule has 0 spiro atoms. The molecule has 1 aliphatic rings. The average Bonchev–Trinajstić information content (AvgIpc) is 2.88. The second-order valence-corrected chi connectivity index (χ2v) is 5.76. The van der Waals surface area contributed by atoms with E-state index in [0.717, 1.165) is 43.3 Å². The summed E-state index contributed by atoms with van der Waals surface area (Å²) in [5, 5.41) is 4.03.